The van der Waals surface area contributed by atoms with Crippen molar-refractivity contribution in [2.24, 2.45) is 0 Å². The first kappa shape index (κ1) is 11.3. The second-order valence-electron chi connectivity index (χ2n) is 4.25. The van der Waals surface area contributed by atoms with Gasteiger partial charge in [0.2, 0.25) is 0 Å². The van der Waals surface area contributed by atoms with E-state index in [1.807, 2.05) is 6.07 Å². The number of phenols is 1. The summed E-state index contributed by atoms with van der Waals surface area (Å²) in [4.78, 5) is 2.48. The molecule has 1 N–H and O–H groups in total. The molecule has 1 aromatic rings. The molecule has 1 fully saturated rings. The predicted octanol–water partition coefficient (Wildman–Crippen LogP) is 2.26. The van der Waals surface area contributed by atoms with Crippen LogP contribution in [0.2, 0.25) is 0 Å². The summed E-state index contributed by atoms with van der Waals surface area (Å²) in [7, 11) is 0. The zero-order chi connectivity index (χ0) is 11.2. The van der Waals surface area contributed by atoms with Gasteiger partial charge in [0.05, 0.1) is 6.61 Å². The molecule has 0 atom stereocenters. The van der Waals surface area contributed by atoms with E-state index in [9.17, 15) is 5.11 Å². The summed E-state index contributed by atoms with van der Waals surface area (Å²) in [6.07, 6.45) is 3.73. The summed E-state index contributed by atoms with van der Waals surface area (Å²) < 4.78 is 5.56. The maximum atomic E-state index is 9.25. The molecule has 0 radical (unpaired) electrons. The van der Waals surface area contributed by atoms with E-state index < -0.39 is 0 Å². The maximum Gasteiger partial charge on any atom is 0.122 e. The Kier molecular flexibility index (Phi) is 4.05. The van der Waals surface area contributed by atoms with Crippen LogP contribution in [0.4, 0.5) is 0 Å². The van der Waals surface area contributed by atoms with Crippen molar-refractivity contribution in [1.29, 1.82) is 0 Å². The summed E-state index contributed by atoms with van der Waals surface area (Å²) in [6.45, 7) is 4.33. The SMILES string of the molecule is Oc1cccc(OCCCN2CCCC2)c1. The lowest BCUT2D eigenvalue weighted by atomic mass is 10.3. The number of nitrogens with zero attached hydrogens (tertiary/aromatic N) is 1. The number of rotatable bonds is 5. The van der Waals surface area contributed by atoms with Gasteiger partial charge in [0.25, 0.3) is 0 Å². The van der Waals surface area contributed by atoms with Gasteiger partial charge in [0, 0.05) is 12.6 Å². The van der Waals surface area contributed by atoms with E-state index in [1.165, 1.54) is 25.9 Å². The minimum absolute atomic E-state index is 0.261. The Labute approximate surface area is 96.6 Å². The van der Waals surface area contributed by atoms with E-state index in [0.29, 0.717) is 0 Å². The van der Waals surface area contributed by atoms with Gasteiger partial charge in [-0.15, -0.1) is 0 Å². The summed E-state index contributed by atoms with van der Waals surface area (Å²) in [6, 6.07) is 6.97. The lowest BCUT2D eigenvalue weighted by Gasteiger charge is -2.14. The van der Waals surface area contributed by atoms with Gasteiger partial charge in [-0.25, -0.2) is 0 Å². The number of hydrogen-bond donors (Lipinski definition) is 1. The molecule has 1 heterocycles. The zero-order valence-electron chi connectivity index (χ0n) is 9.56. The van der Waals surface area contributed by atoms with Crippen molar-refractivity contribution in [3.05, 3.63) is 24.3 Å². The molecule has 0 saturated carbocycles. The summed E-state index contributed by atoms with van der Waals surface area (Å²) in [5.74, 6) is 1.01. The molecular formula is C13H19NO2. The third-order valence-corrected chi connectivity index (χ3v) is 2.90. The molecule has 0 spiro atoms. The molecule has 0 bridgehead atoms. The maximum absolute atomic E-state index is 9.25. The third kappa shape index (κ3) is 3.42. The van der Waals surface area contributed by atoms with Gasteiger partial charge in [-0.2, -0.15) is 0 Å². The van der Waals surface area contributed by atoms with Crippen LogP contribution in [0, 0.1) is 0 Å². The van der Waals surface area contributed by atoms with Gasteiger partial charge < -0.3 is 14.7 Å². The Morgan fingerprint density at radius 2 is 2.06 bits per heavy atom. The Balaban J connectivity index is 1.64. The zero-order valence-corrected chi connectivity index (χ0v) is 9.56. The highest BCUT2D eigenvalue weighted by Gasteiger charge is 2.10. The van der Waals surface area contributed by atoms with E-state index in [2.05, 4.69) is 4.90 Å². The molecule has 1 aliphatic heterocycles. The van der Waals surface area contributed by atoms with Crippen molar-refractivity contribution < 1.29 is 9.84 Å². The molecular weight excluding hydrogens is 202 g/mol. The van der Waals surface area contributed by atoms with Gasteiger partial charge >= 0.3 is 0 Å². The van der Waals surface area contributed by atoms with Crippen LogP contribution in [-0.2, 0) is 0 Å². The first-order valence-corrected chi connectivity index (χ1v) is 5.99. The van der Waals surface area contributed by atoms with Crippen molar-refractivity contribution in [2.45, 2.75) is 19.3 Å². The fraction of sp³-hybridized carbons (Fsp3) is 0.538. The second kappa shape index (κ2) is 5.75. The van der Waals surface area contributed by atoms with Crippen LogP contribution in [0.25, 0.3) is 0 Å². The largest absolute Gasteiger partial charge is 0.508 e. The van der Waals surface area contributed by atoms with Gasteiger partial charge in [-0.1, -0.05) is 6.07 Å². The Hall–Kier alpha value is -1.22. The molecule has 3 heteroatoms. The number of hydrogen-bond acceptors (Lipinski definition) is 3. The van der Waals surface area contributed by atoms with Crippen LogP contribution in [0.5, 0.6) is 11.5 Å². The van der Waals surface area contributed by atoms with Crippen molar-refractivity contribution in [2.75, 3.05) is 26.2 Å². The molecule has 16 heavy (non-hydrogen) atoms. The number of phenolic OH excluding ortho intramolecular Hbond substituents is 1. The van der Waals surface area contributed by atoms with Crippen LogP contribution in [-0.4, -0.2) is 36.2 Å². The highest BCUT2D eigenvalue weighted by Crippen LogP contribution is 2.17. The first-order valence-electron chi connectivity index (χ1n) is 5.99. The van der Waals surface area contributed by atoms with Crippen molar-refractivity contribution >= 4 is 0 Å². The summed E-state index contributed by atoms with van der Waals surface area (Å²) >= 11 is 0. The number of likely N-dealkylation sites (tertiary alicyclic amines) is 1. The molecule has 1 aliphatic rings. The third-order valence-electron chi connectivity index (χ3n) is 2.90. The summed E-state index contributed by atoms with van der Waals surface area (Å²) in [5, 5.41) is 9.25. The Bertz CT molecular complexity index is 321. The minimum atomic E-state index is 0.261. The van der Waals surface area contributed by atoms with E-state index >= 15 is 0 Å². The number of aromatic hydroxyl groups is 1. The second-order valence-corrected chi connectivity index (χ2v) is 4.25. The standard InChI is InChI=1S/C13H19NO2/c15-12-5-3-6-13(11-12)16-10-4-9-14-7-1-2-8-14/h3,5-6,11,15H,1-2,4,7-10H2. The van der Waals surface area contributed by atoms with Gasteiger partial charge in [0.15, 0.2) is 0 Å². The molecule has 0 aliphatic carbocycles. The van der Waals surface area contributed by atoms with E-state index in [0.717, 1.165) is 25.3 Å². The lowest BCUT2D eigenvalue weighted by Crippen LogP contribution is -2.21. The van der Waals surface area contributed by atoms with E-state index in [-0.39, 0.29) is 5.75 Å². The first-order chi connectivity index (χ1) is 7.84. The quantitative estimate of drug-likeness (QED) is 0.774. The van der Waals surface area contributed by atoms with Crippen LogP contribution < -0.4 is 4.74 Å². The van der Waals surface area contributed by atoms with Crippen molar-refractivity contribution in [3.63, 3.8) is 0 Å². The fourth-order valence-electron chi connectivity index (χ4n) is 2.06. The predicted molar refractivity (Wildman–Crippen MR) is 63.9 cm³/mol. The highest BCUT2D eigenvalue weighted by molar-refractivity contribution is 5.31. The molecule has 1 aromatic carbocycles. The smallest absolute Gasteiger partial charge is 0.122 e. The van der Waals surface area contributed by atoms with Crippen LogP contribution in [0.3, 0.4) is 0 Å². The van der Waals surface area contributed by atoms with Gasteiger partial charge in [0.1, 0.15) is 11.5 Å². The Morgan fingerprint density at radius 3 is 2.81 bits per heavy atom. The Morgan fingerprint density at radius 1 is 1.25 bits per heavy atom. The normalized spacial score (nSPS) is 16.5. The van der Waals surface area contributed by atoms with Crippen molar-refractivity contribution in [1.82, 2.24) is 4.90 Å². The monoisotopic (exact) mass is 221 g/mol. The van der Waals surface area contributed by atoms with Gasteiger partial charge in [-0.05, 0) is 44.5 Å². The fourth-order valence-corrected chi connectivity index (χ4v) is 2.06. The average Bonchev–Trinajstić information content (AvgIpc) is 2.77. The van der Waals surface area contributed by atoms with Crippen molar-refractivity contribution in [3.8, 4) is 11.5 Å². The number of ether oxygens (including phenoxy) is 1. The molecule has 2 rings (SSSR count). The molecule has 0 aromatic heterocycles. The molecule has 88 valence electrons. The van der Waals surface area contributed by atoms with Crippen LogP contribution in [0.15, 0.2) is 24.3 Å². The van der Waals surface area contributed by atoms with Crippen LogP contribution >= 0.6 is 0 Å². The van der Waals surface area contributed by atoms with Gasteiger partial charge in [-0.3, -0.25) is 0 Å². The van der Waals surface area contributed by atoms with E-state index in [1.54, 1.807) is 18.2 Å². The molecule has 0 amide bonds. The summed E-state index contributed by atoms with van der Waals surface area (Å²) in [5.41, 5.74) is 0. The molecule has 3 nitrogen and oxygen atoms in total. The van der Waals surface area contributed by atoms with E-state index in [4.69, 9.17) is 4.74 Å². The average molecular weight is 221 g/mol. The minimum Gasteiger partial charge on any atom is -0.508 e. The molecule has 0 unspecified atom stereocenters. The number of benzene rings is 1. The van der Waals surface area contributed by atoms with Crippen LogP contribution in [0.1, 0.15) is 19.3 Å². The highest BCUT2D eigenvalue weighted by atomic mass is 16.5. The molecule has 1 saturated heterocycles. The lowest BCUT2D eigenvalue weighted by molar-refractivity contribution is 0.262. The topological polar surface area (TPSA) is 32.7 Å².